The Morgan fingerprint density at radius 3 is 2.90 bits per heavy atom. The highest BCUT2D eigenvalue weighted by atomic mass is 32.1. The number of benzene rings is 1. The number of hydrogen-bond donors (Lipinski definition) is 1. The molecule has 0 amide bonds. The number of aromatic nitrogens is 2. The van der Waals surface area contributed by atoms with Gasteiger partial charge in [-0.05, 0) is 42.2 Å². The summed E-state index contributed by atoms with van der Waals surface area (Å²) in [4.78, 5) is 4.65. The lowest BCUT2D eigenvalue weighted by molar-refractivity contribution is 0.415. The van der Waals surface area contributed by atoms with Gasteiger partial charge in [0, 0.05) is 10.9 Å². The maximum absolute atomic E-state index is 5.57. The molecule has 0 radical (unpaired) electrons. The van der Waals surface area contributed by atoms with Gasteiger partial charge in [0.1, 0.15) is 5.75 Å². The SMILES string of the molecule is CCCC(c1cccs1)n1c(=S)[nH]c2ccc(OC)cc21. The summed E-state index contributed by atoms with van der Waals surface area (Å²) >= 11 is 7.35. The standard InChI is InChI=1S/C16H18N2OS2/c1-3-5-13(15-6-4-9-21-15)18-14-10-11(19-2)7-8-12(14)17-16(18)20/h4,6-10,13H,3,5H2,1-2H3,(H,17,20). The summed E-state index contributed by atoms with van der Waals surface area (Å²) < 4.78 is 8.35. The molecule has 1 aromatic carbocycles. The molecular weight excluding hydrogens is 300 g/mol. The highest BCUT2D eigenvalue weighted by Crippen LogP contribution is 2.32. The third kappa shape index (κ3) is 2.63. The molecule has 1 atom stereocenters. The fourth-order valence-electron chi connectivity index (χ4n) is 2.69. The second-order valence-corrected chi connectivity index (χ2v) is 6.37. The third-order valence-electron chi connectivity index (χ3n) is 3.67. The van der Waals surface area contributed by atoms with Crippen molar-refractivity contribution in [3.05, 3.63) is 45.4 Å². The first-order valence-electron chi connectivity index (χ1n) is 7.06. The Morgan fingerprint density at radius 1 is 1.38 bits per heavy atom. The number of nitrogens with one attached hydrogen (secondary N) is 1. The maximum Gasteiger partial charge on any atom is 0.178 e. The van der Waals surface area contributed by atoms with E-state index >= 15 is 0 Å². The van der Waals surface area contributed by atoms with Gasteiger partial charge in [0.15, 0.2) is 4.77 Å². The van der Waals surface area contributed by atoms with Crippen molar-refractivity contribution in [1.29, 1.82) is 0 Å². The number of rotatable bonds is 5. The molecular formula is C16H18N2OS2. The molecule has 0 saturated heterocycles. The van der Waals surface area contributed by atoms with E-state index in [0.29, 0.717) is 0 Å². The molecule has 0 spiro atoms. The van der Waals surface area contributed by atoms with Gasteiger partial charge < -0.3 is 14.3 Å². The third-order valence-corrected chi connectivity index (χ3v) is 4.94. The van der Waals surface area contributed by atoms with Gasteiger partial charge >= 0.3 is 0 Å². The summed E-state index contributed by atoms with van der Waals surface area (Å²) in [6, 6.07) is 10.6. The molecule has 1 unspecified atom stereocenters. The minimum absolute atomic E-state index is 0.281. The first kappa shape index (κ1) is 14.4. The van der Waals surface area contributed by atoms with Crippen LogP contribution in [0, 0.1) is 4.77 Å². The molecule has 2 aromatic heterocycles. The molecule has 0 aliphatic rings. The van der Waals surface area contributed by atoms with E-state index < -0.39 is 0 Å². The van der Waals surface area contributed by atoms with Crippen LogP contribution < -0.4 is 4.74 Å². The molecule has 0 aliphatic carbocycles. The Bertz CT molecular complexity index is 786. The minimum atomic E-state index is 0.281. The largest absolute Gasteiger partial charge is 0.497 e. The first-order chi connectivity index (χ1) is 10.2. The summed E-state index contributed by atoms with van der Waals surface area (Å²) in [5, 5.41) is 2.12. The molecule has 3 nitrogen and oxygen atoms in total. The van der Waals surface area contributed by atoms with Crippen LogP contribution in [0.15, 0.2) is 35.7 Å². The Balaban J connectivity index is 2.21. The fraction of sp³-hybridized carbons (Fsp3) is 0.312. The second-order valence-electron chi connectivity index (χ2n) is 5.00. The van der Waals surface area contributed by atoms with Crippen molar-refractivity contribution < 1.29 is 4.74 Å². The molecule has 0 bridgehead atoms. The lowest BCUT2D eigenvalue weighted by atomic mass is 10.1. The number of hydrogen-bond acceptors (Lipinski definition) is 3. The predicted molar refractivity (Wildman–Crippen MR) is 91.0 cm³/mol. The van der Waals surface area contributed by atoms with E-state index in [4.69, 9.17) is 17.0 Å². The topological polar surface area (TPSA) is 29.9 Å². The predicted octanol–water partition coefficient (Wildman–Crippen LogP) is 5.16. The van der Waals surface area contributed by atoms with E-state index in [-0.39, 0.29) is 6.04 Å². The smallest absolute Gasteiger partial charge is 0.178 e. The van der Waals surface area contributed by atoms with Crippen molar-refractivity contribution in [3.8, 4) is 5.75 Å². The van der Waals surface area contributed by atoms with Crippen LogP contribution in [-0.2, 0) is 0 Å². The summed E-state index contributed by atoms with van der Waals surface area (Å²) in [7, 11) is 1.69. The Hall–Kier alpha value is -1.59. The maximum atomic E-state index is 5.57. The molecule has 2 heterocycles. The van der Waals surface area contributed by atoms with Crippen LogP contribution in [0.1, 0.15) is 30.7 Å². The first-order valence-corrected chi connectivity index (χ1v) is 8.35. The van der Waals surface area contributed by atoms with E-state index in [1.165, 1.54) is 4.88 Å². The zero-order chi connectivity index (χ0) is 14.8. The van der Waals surface area contributed by atoms with Gasteiger partial charge in [-0.25, -0.2) is 0 Å². The van der Waals surface area contributed by atoms with Gasteiger partial charge in [0.2, 0.25) is 0 Å². The average molecular weight is 318 g/mol. The van der Waals surface area contributed by atoms with Gasteiger partial charge in [0.25, 0.3) is 0 Å². The van der Waals surface area contributed by atoms with E-state index in [1.807, 2.05) is 12.1 Å². The van der Waals surface area contributed by atoms with E-state index in [0.717, 1.165) is 34.4 Å². The molecule has 0 fully saturated rings. The molecule has 0 saturated carbocycles. The van der Waals surface area contributed by atoms with Crippen LogP contribution in [0.5, 0.6) is 5.75 Å². The van der Waals surface area contributed by atoms with Crippen molar-refractivity contribution in [1.82, 2.24) is 9.55 Å². The fourth-order valence-corrected chi connectivity index (χ4v) is 3.88. The van der Waals surface area contributed by atoms with Gasteiger partial charge in [0.05, 0.1) is 24.2 Å². The molecule has 5 heteroatoms. The zero-order valence-electron chi connectivity index (χ0n) is 12.1. The Morgan fingerprint density at radius 2 is 2.24 bits per heavy atom. The van der Waals surface area contributed by atoms with Crippen LogP contribution in [0.2, 0.25) is 0 Å². The zero-order valence-corrected chi connectivity index (χ0v) is 13.8. The van der Waals surface area contributed by atoms with E-state index in [2.05, 4.69) is 40.1 Å². The lowest BCUT2D eigenvalue weighted by Crippen LogP contribution is -2.09. The minimum Gasteiger partial charge on any atom is -0.497 e. The Kier molecular flexibility index (Phi) is 4.12. The van der Waals surface area contributed by atoms with Gasteiger partial charge in [-0.15, -0.1) is 11.3 Å². The summed E-state index contributed by atoms with van der Waals surface area (Å²) in [5.41, 5.74) is 2.16. The molecule has 3 rings (SSSR count). The highest BCUT2D eigenvalue weighted by Gasteiger charge is 2.18. The monoisotopic (exact) mass is 318 g/mol. The second kappa shape index (κ2) is 6.03. The van der Waals surface area contributed by atoms with Gasteiger partial charge in [-0.2, -0.15) is 0 Å². The summed E-state index contributed by atoms with van der Waals surface area (Å²) in [6.45, 7) is 2.21. The number of ether oxygens (including phenoxy) is 1. The lowest BCUT2D eigenvalue weighted by Gasteiger charge is -2.18. The Labute approximate surface area is 133 Å². The van der Waals surface area contributed by atoms with Crippen molar-refractivity contribution in [2.24, 2.45) is 0 Å². The van der Waals surface area contributed by atoms with Crippen LogP contribution in [0.25, 0.3) is 11.0 Å². The number of fused-ring (bicyclic) bond motifs is 1. The van der Waals surface area contributed by atoms with Gasteiger partial charge in [-0.3, -0.25) is 0 Å². The normalized spacial score (nSPS) is 12.7. The van der Waals surface area contributed by atoms with Crippen molar-refractivity contribution >= 4 is 34.6 Å². The van der Waals surface area contributed by atoms with Crippen molar-refractivity contribution in [2.45, 2.75) is 25.8 Å². The van der Waals surface area contributed by atoms with Crippen LogP contribution >= 0.6 is 23.6 Å². The van der Waals surface area contributed by atoms with Crippen LogP contribution in [0.3, 0.4) is 0 Å². The molecule has 110 valence electrons. The van der Waals surface area contributed by atoms with Crippen LogP contribution in [0.4, 0.5) is 0 Å². The summed E-state index contributed by atoms with van der Waals surface area (Å²) in [5.74, 6) is 0.853. The van der Waals surface area contributed by atoms with E-state index in [1.54, 1.807) is 18.4 Å². The number of imidazole rings is 1. The number of nitrogens with zero attached hydrogens (tertiary/aromatic N) is 1. The number of thiophene rings is 1. The van der Waals surface area contributed by atoms with Gasteiger partial charge in [-0.1, -0.05) is 19.4 Å². The molecule has 0 aliphatic heterocycles. The van der Waals surface area contributed by atoms with Crippen molar-refractivity contribution in [2.75, 3.05) is 7.11 Å². The highest BCUT2D eigenvalue weighted by molar-refractivity contribution is 7.71. The molecule has 1 N–H and O–H groups in total. The number of H-pyrrole nitrogens is 1. The molecule has 21 heavy (non-hydrogen) atoms. The quantitative estimate of drug-likeness (QED) is 0.659. The number of aromatic amines is 1. The molecule has 3 aromatic rings. The average Bonchev–Trinajstić information content (AvgIpc) is 3.11. The summed E-state index contributed by atoms with van der Waals surface area (Å²) in [6.07, 6.45) is 2.18. The van der Waals surface area contributed by atoms with E-state index in [9.17, 15) is 0 Å². The van der Waals surface area contributed by atoms with Crippen LogP contribution in [-0.4, -0.2) is 16.7 Å². The van der Waals surface area contributed by atoms with Crippen molar-refractivity contribution in [3.63, 3.8) is 0 Å². The number of methoxy groups -OCH3 is 1.